The molecule has 2 aromatic carbocycles. The highest BCUT2D eigenvalue weighted by Crippen LogP contribution is 2.39. The van der Waals surface area contributed by atoms with Gasteiger partial charge in [-0.15, -0.1) is 0 Å². The number of aliphatic hydroxyl groups is 1. The first-order chi connectivity index (χ1) is 20.3. The molecule has 10 nitrogen and oxygen atoms in total. The minimum Gasteiger partial charge on any atom is -0.390 e. The third kappa shape index (κ3) is 5.62. The number of carbonyl (C=O) groups excluding carboxylic acids is 3. The van der Waals surface area contributed by atoms with Crippen LogP contribution in [0.4, 0.5) is 5.95 Å². The van der Waals surface area contributed by atoms with Crippen LogP contribution in [0.1, 0.15) is 65.3 Å². The summed E-state index contributed by atoms with van der Waals surface area (Å²) in [6.07, 6.45) is 3.00. The number of nitrogens with zero attached hydrogens (tertiary/aromatic N) is 3. The lowest BCUT2D eigenvalue weighted by molar-refractivity contribution is -0.124. The molecule has 3 heterocycles. The zero-order valence-electron chi connectivity index (χ0n) is 23.2. The van der Waals surface area contributed by atoms with Crippen molar-refractivity contribution in [1.82, 2.24) is 20.2 Å². The number of anilines is 1. The molecule has 6 rings (SSSR count). The molecule has 42 heavy (non-hydrogen) atoms. The Morgan fingerprint density at radius 1 is 1.14 bits per heavy atom. The van der Waals surface area contributed by atoms with E-state index in [1.807, 2.05) is 30.3 Å². The summed E-state index contributed by atoms with van der Waals surface area (Å²) in [5.74, 6) is -0.422. The Morgan fingerprint density at radius 2 is 1.93 bits per heavy atom. The van der Waals surface area contributed by atoms with Crippen molar-refractivity contribution in [2.24, 2.45) is 0 Å². The van der Waals surface area contributed by atoms with Crippen molar-refractivity contribution < 1.29 is 24.2 Å². The van der Waals surface area contributed by atoms with Crippen LogP contribution >= 0.6 is 11.6 Å². The molecule has 3 aliphatic rings. The van der Waals surface area contributed by atoms with Crippen molar-refractivity contribution >= 4 is 35.1 Å². The number of ether oxygens (including phenoxy) is 1. The van der Waals surface area contributed by atoms with Gasteiger partial charge in [0.15, 0.2) is 0 Å². The lowest BCUT2D eigenvalue weighted by Gasteiger charge is -2.26. The Kier molecular flexibility index (Phi) is 7.94. The highest BCUT2D eigenvalue weighted by molar-refractivity contribution is 6.33. The molecule has 1 fully saturated rings. The highest BCUT2D eigenvalue weighted by atomic mass is 35.5. The highest BCUT2D eigenvalue weighted by Gasteiger charge is 2.40. The molecule has 1 unspecified atom stereocenters. The molecular weight excluding hydrogens is 558 g/mol. The van der Waals surface area contributed by atoms with Crippen molar-refractivity contribution in [3.63, 3.8) is 0 Å². The quantitative estimate of drug-likeness (QED) is 0.363. The molecule has 3 atom stereocenters. The van der Waals surface area contributed by atoms with E-state index >= 15 is 0 Å². The summed E-state index contributed by atoms with van der Waals surface area (Å²) in [5.41, 5.74) is 4.02. The van der Waals surface area contributed by atoms with E-state index in [0.717, 1.165) is 24.0 Å². The number of ketones is 1. The zero-order valence-corrected chi connectivity index (χ0v) is 23.9. The molecule has 3 aromatic rings. The summed E-state index contributed by atoms with van der Waals surface area (Å²) in [6.45, 7) is 2.57. The fraction of sp³-hybridized carbons (Fsp3) is 0.387. The normalized spacial score (nSPS) is 21.6. The fourth-order valence-corrected chi connectivity index (χ4v) is 6.30. The second-order valence-corrected chi connectivity index (χ2v) is 11.5. The van der Waals surface area contributed by atoms with Gasteiger partial charge in [0, 0.05) is 43.2 Å². The van der Waals surface area contributed by atoms with Crippen molar-refractivity contribution in [2.75, 3.05) is 25.1 Å². The molecule has 0 spiro atoms. The number of amides is 2. The Hall–Kier alpha value is -3.86. The number of hydrogen-bond donors (Lipinski definition) is 3. The molecular formula is C31H32ClN5O5. The van der Waals surface area contributed by atoms with E-state index in [0.29, 0.717) is 53.0 Å². The maximum absolute atomic E-state index is 13.7. The van der Waals surface area contributed by atoms with Crippen LogP contribution in [0.5, 0.6) is 0 Å². The maximum atomic E-state index is 13.7. The Labute approximate surface area is 248 Å². The van der Waals surface area contributed by atoms with Gasteiger partial charge in [0.05, 0.1) is 35.1 Å². The first-order valence-electron chi connectivity index (χ1n) is 14.1. The largest absolute Gasteiger partial charge is 0.390 e. The van der Waals surface area contributed by atoms with Gasteiger partial charge in [0.2, 0.25) is 11.9 Å². The molecule has 1 aromatic heterocycles. The monoisotopic (exact) mass is 589 g/mol. The summed E-state index contributed by atoms with van der Waals surface area (Å²) in [4.78, 5) is 49.6. The molecule has 0 radical (unpaired) electrons. The molecule has 0 bridgehead atoms. The van der Waals surface area contributed by atoms with E-state index in [2.05, 4.69) is 20.6 Å². The van der Waals surface area contributed by atoms with Gasteiger partial charge < -0.3 is 25.4 Å². The SMILES string of the molecule is CC(=O)CC1c2ccc(-c3nc(NC4CCOCC4)ncc3Cl)cc2C(=O)N1CC(=O)N[C@H]1c2ccccc2C[C@H]1O. The van der Waals surface area contributed by atoms with Crippen molar-refractivity contribution in [2.45, 2.75) is 56.8 Å². The first kappa shape index (κ1) is 28.3. The maximum Gasteiger partial charge on any atom is 0.255 e. The predicted octanol–water partition coefficient (Wildman–Crippen LogP) is 3.64. The van der Waals surface area contributed by atoms with Crippen LogP contribution < -0.4 is 10.6 Å². The van der Waals surface area contributed by atoms with E-state index in [4.69, 9.17) is 16.3 Å². The predicted molar refractivity (Wildman–Crippen MR) is 156 cm³/mol. The summed E-state index contributed by atoms with van der Waals surface area (Å²) in [6, 6.07) is 12.0. The molecule has 1 saturated heterocycles. The molecule has 2 aliphatic heterocycles. The van der Waals surface area contributed by atoms with Gasteiger partial charge >= 0.3 is 0 Å². The van der Waals surface area contributed by atoms with E-state index in [9.17, 15) is 19.5 Å². The molecule has 11 heteroatoms. The van der Waals surface area contributed by atoms with Gasteiger partial charge in [-0.2, -0.15) is 0 Å². The number of aromatic nitrogens is 2. The van der Waals surface area contributed by atoms with Gasteiger partial charge in [-0.25, -0.2) is 9.97 Å². The second kappa shape index (κ2) is 11.8. The van der Waals surface area contributed by atoms with Crippen LogP contribution in [0.3, 0.4) is 0 Å². The minimum atomic E-state index is -0.753. The van der Waals surface area contributed by atoms with Crippen LogP contribution in [0.25, 0.3) is 11.3 Å². The summed E-state index contributed by atoms with van der Waals surface area (Å²) in [5, 5.41) is 17.2. The summed E-state index contributed by atoms with van der Waals surface area (Å²) < 4.78 is 5.42. The standard InChI is InChI=1S/C31H32ClN5O5/c1-17(38)12-25-22-7-6-19(28-24(32)15-33-31(36-28)34-20-8-10-42-11-9-20)13-23(22)30(41)37(25)16-27(40)35-29-21-5-3-2-4-18(21)14-26(29)39/h2-7,13,15,20,25-26,29,39H,8-12,14,16H2,1H3,(H,35,40)(H,33,34,36)/t25?,26-,29+/m1/s1. The van der Waals surface area contributed by atoms with Gasteiger partial charge in [-0.1, -0.05) is 48.0 Å². The average Bonchev–Trinajstić information content (AvgIpc) is 3.42. The molecule has 1 aliphatic carbocycles. The van der Waals surface area contributed by atoms with E-state index < -0.39 is 24.1 Å². The van der Waals surface area contributed by atoms with Gasteiger partial charge in [-0.3, -0.25) is 14.4 Å². The zero-order chi connectivity index (χ0) is 29.4. The number of aliphatic hydroxyl groups excluding tert-OH is 1. The van der Waals surface area contributed by atoms with Crippen LogP contribution in [0.15, 0.2) is 48.7 Å². The minimum absolute atomic E-state index is 0.0771. The Balaban J connectivity index is 1.24. The van der Waals surface area contributed by atoms with Crippen LogP contribution in [-0.2, 0) is 20.7 Å². The van der Waals surface area contributed by atoms with Gasteiger partial charge in [0.1, 0.15) is 12.3 Å². The van der Waals surface area contributed by atoms with Crippen molar-refractivity contribution in [3.05, 3.63) is 75.9 Å². The molecule has 0 saturated carbocycles. The number of nitrogens with one attached hydrogen (secondary N) is 2. The number of hydrogen-bond acceptors (Lipinski definition) is 8. The van der Waals surface area contributed by atoms with Crippen LogP contribution in [-0.4, -0.2) is 69.5 Å². The lowest BCUT2D eigenvalue weighted by atomic mass is 9.97. The summed E-state index contributed by atoms with van der Waals surface area (Å²) in [7, 11) is 0. The fourth-order valence-electron chi connectivity index (χ4n) is 6.10. The average molecular weight is 590 g/mol. The smallest absolute Gasteiger partial charge is 0.255 e. The molecule has 3 N–H and O–H groups in total. The third-order valence-corrected chi connectivity index (χ3v) is 8.44. The Morgan fingerprint density at radius 3 is 2.71 bits per heavy atom. The summed E-state index contributed by atoms with van der Waals surface area (Å²) >= 11 is 6.50. The van der Waals surface area contributed by atoms with E-state index in [-0.39, 0.29) is 30.7 Å². The van der Waals surface area contributed by atoms with Crippen molar-refractivity contribution in [1.29, 1.82) is 0 Å². The Bertz CT molecular complexity index is 1540. The first-order valence-corrected chi connectivity index (χ1v) is 14.5. The van der Waals surface area contributed by atoms with Gasteiger partial charge in [0.25, 0.3) is 5.91 Å². The number of rotatable bonds is 8. The lowest BCUT2D eigenvalue weighted by Crippen LogP contribution is -2.42. The molecule has 2 amide bonds. The number of carbonyl (C=O) groups is 3. The molecule has 218 valence electrons. The van der Waals surface area contributed by atoms with Crippen LogP contribution in [0.2, 0.25) is 5.02 Å². The van der Waals surface area contributed by atoms with E-state index in [1.165, 1.54) is 18.0 Å². The number of benzene rings is 2. The second-order valence-electron chi connectivity index (χ2n) is 11.1. The van der Waals surface area contributed by atoms with Crippen LogP contribution in [0, 0.1) is 0 Å². The topological polar surface area (TPSA) is 134 Å². The van der Waals surface area contributed by atoms with E-state index in [1.54, 1.807) is 12.1 Å². The van der Waals surface area contributed by atoms with Gasteiger partial charge in [-0.05, 0) is 42.5 Å². The number of halogens is 1. The van der Waals surface area contributed by atoms with Crippen molar-refractivity contribution in [3.8, 4) is 11.3 Å². The number of Topliss-reactive ketones (excluding diaryl/α,β-unsaturated/α-hetero) is 1. The number of fused-ring (bicyclic) bond motifs is 2. The third-order valence-electron chi connectivity index (χ3n) is 8.17.